The Morgan fingerprint density at radius 2 is 0.684 bits per heavy atom. The predicted molar refractivity (Wildman–Crippen MR) is 314 cm³/mol. The molecular weight excluding hydrogens is 927 g/mol. The van der Waals surface area contributed by atoms with Crippen LogP contribution in [0.5, 0.6) is 0 Å². The van der Waals surface area contributed by atoms with E-state index in [1.807, 2.05) is 36.4 Å². The summed E-state index contributed by atoms with van der Waals surface area (Å²) >= 11 is 0. The lowest BCUT2D eigenvalue weighted by atomic mass is 9.91. The van der Waals surface area contributed by atoms with Gasteiger partial charge >= 0.3 is 0 Å². The number of nitrogens with zero attached hydrogens (tertiary/aromatic N) is 5. The zero-order chi connectivity index (χ0) is 49.8. The molecule has 0 saturated carbocycles. The van der Waals surface area contributed by atoms with Crippen LogP contribution in [0.15, 0.2) is 265 Å². The van der Waals surface area contributed by atoms with Crippen LogP contribution in [0.25, 0.3) is 149 Å². The average molecular weight is 970 g/mol. The van der Waals surface area contributed by atoms with E-state index < -0.39 is 0 Å². The molecule has 0 fully saturated rings. The summed E-state index contributed by atoms with van der Waals surface area (Å²) in [6, 6.07) is 93.8. The van der Waals surface area contributed by atoms with Crippen molar-refractivity contribution in [2.75, 3.05) is 0 Å². The van der Waals surface area contributed by atoms with Crippen molar-refractivity contribution in [1.82, 2.24) is 23.7 Å². The monoisotopic (exact) mass is 969 g/mol. The van der Waals surface area contributed by atoms with E-state index in [2.05, 4.69) is 238 Å². The fourth-order valence-electron chi connectivity index (χ4n) is 12.1. The largest absolute Gasteiger partial charge is 0.452 e. The second-order valence-corrected chi connectivity index (χ2v) is 19.7. The van der Waals surface area contributed by atoms with Gasteiger partial charge in [0.15, 0.2) is 11.4 Å². The minimum Gasteiger partial charge on any atom is -0.452 e. The molecule has 0 N–H and O–H groups in total. The highest BCUT2D eigenvalue weighted by atomic mass is 16.3. The molecule has 5 aromatic heterocycles. The van der Waals surface area contributed by atoms with Gasteiger partial charge in [-0.25, -0.2) is 9.97 Å². The first kappa shape index (κ1) is 42.2. The fraction of sp³-hybridized carbons (Fsp3) is 0. The minimum absolute atomic E-state index is 0.638. The lowest BCUT2D eigenvalue weighted by molar-refractivity contribution is 0.667. The van der Waals surface area contributed by atoms with Gasteiger partial charge in [0.25, 0.3) is 0 Å². The molecule has 11 aromatic carbocycles. The molecule has 354 valence electrons. The first-order valence-electron chi connectivity index (χ1n) is 25.8. The van der Waals surface area contributed by atoms with Crippen LogP contribution in [0.3, 0.4) is 0 Å². The van der Waals surface area contributed by atoms with Crippen molar-refractivity contribution in [2.24, 2.45) is 0 Å². The Bertz CT molecular complexity index is 4650. The molecule has 0 unspecified atom stereocenters. The number of furan rings is 1. The van der Waals surface area contributed by atoms with Crippen molar-refractivity contribution in [2.45, 2.75) is 0 Å². The quantitative estimate of drug-likeness (QED) is 0.160. The first-order chi connectivity index (χ1) is 37.7. The van der Waals surface area contributed by atoms with Gasteiger partial charge in [-0.3, -0.25) is 0 Å². The standard InChI is InChI=1S/C70H43N5O/c1-4-20-44(21-5-1)57-40-47(66-69-67(56-30-14-19-35-65(56)76-69)72-70(71-66)46-24-8-3-9-25-46)41-58(45-22-6-2-7-23-45)68(57)75-63-42-48(73-59-31-15-10-26-50(59)51-27-11-16-32-60(51)73)36-38-54(63)55-39-37-49(43-64(55)75)74-61-33-17-12-28-52(61)53-29-13-18-34-62(53)74/h1-43H. The normalized spacial score (nSPS) is 11.9. The van der Waals surface area contributed by atoms with Crippen LogP contribution >= 0.6 is 0 Å². The number of rotatable bonds is 7. The van der Waals surface area contributed by atoms with Gasteiger partial charge in [0.05, 0.1) is 38.8 Å². The highest BCUT2D eigenvalue weighted by Crippen LogP contribution is 2.47. The number of aromatic nitrogens is 5. The first-order valence-corrected chi connectivity index (χ1v) is 25.8. The minimum atomic E-state index is 0.638. The fourth-order valence-corrected chi connectivity index (χ4v) is 12.1. The van der Waals surface area contributed by atoms with Gasteiger partial charge in [0, 0.05) is 71.3 Å². The molecule has 0 spiro atoms. The molecular formula is C70H43N5O. The van der Waals surface area contributed by atoms with Gasteiger partial charge in [-0.15, -0.1) is 0 Å². The van der Waals surface area contributed by atoms with Crippen LogP contribution in [-0.2, 0) is 0 Å². The van der Waals surface area contributed by atoms with Crippen LogP contribution in [-0.4, -0.2) is 23.7 Å². The maximum Gasteiger partial charge on any atom is 0.180 e. The molecule has 5 heterocycles. The van der Waals surface area contributed by atoms with E-state index in [4.69, 9.17) is 14.4 Å². The highest BCUT2D eigenvalue weighted by Gasteiger charge is 2.26. The second kappa shape index (κ2) is 16.6. The SMILES string of the molecule is c1ccc(-c2nc(-c3cc(-c4ccccc4)c(-n4c5cc(-n6c7ccccc7c7ccccc76)ccc5c5ccc(-n6c7ccccc7c7ccccc76)cc54)c(-c4ccccc4)c3)c3oc4ccccc4c3n2)cc1. The molecule has 0 aliphatic carbocycles. The van der Waals surface area contributed by atoms with Gasteiger partial charge in [0.2, 0.25) is 0 Å². The molecule has 0 saturated heterocycles. The van der Waals surface area contributed by atoms with Crippen molar-refractivity contribution in [3.63, 3.8) is 0 Å². The van der Waals surface area contributed by atoms with Gasteiger partial charge < -0.3 is 18.1 Å². The zero-order valence-electron chi connectivity index (χ0n) is 41.0. The number of hydrogen-bond acceptors (Lipinski definition) is 3. The van der Waals surface area contributed by atoms with E-state index in [1.54, 1.807) is 0 Å². The maximum atomic E-state index is 6.82. The van der Waals surface area contributed by atoms with E-state index >= 15 is 0 Å². The Hall–Kier alpha value is -10.3. The summed E-state index contributed by atoms with van der Waals surface area (Å²) in [5.74, 6) is 0.638. The van der Waals surface area contributed by atoms with Crippen LogP contribution in [0.2, 0.25) is 0 Å². The average Bonchev–Trinajstić information content (AvgIpc) is 4.29. The van der Waals surface area contributed by atoms with Crippen molar-refractivity contribution in [3.8, 4) is 62.0 Å². The molecule has 0 aliphatic heterocycles. The number of fused-ring (bicyclic) bond motifs is 12. The Balaban J connectivity index is 1.06. The second-order valence-electron chi connectivity index (χ2n) is 19.7. The van der Waals surface area contributed by atoms with Crippen LogP contribution in [0.1, 0.15) is 0 Å². The van der Waals surface area contributed by atoms with Crippen LogP contribution in [0.4, 0.5) is 0 Å². The van der Waals surface area contributed by atoms with Gasteiger partial charge in [-0.1, -0.05) is 188 Å². The van der Waals surface area contributed by atoms with Gasteiger partial charge in [-0.05, 0) is 83.9 Å². The lowest BCUT2D eigenvalue weighted by Gasteiger charge is -2.22. The zero-order valence-corrected chi connectivity index (χ0v) is 41.0. The van der Waals surface area contributed by atoms with Crippen molar-refractivity contribution in [3.05, 3.63) is 261 Å². The van der Waals surface area contributed by atoms with Gasteiger partial charge in [0.1, 0.15) is 16.8 Å². The molecule has 0 amide bonds. The van der Waals surface area contributed by atoms with E-state index in [9.17, 15) is 0 Å². The third kappa shape index (κ3) is 6.34. The number of benzene rings is 11. The third-order valence-corrected chi connectivity index (χ3v) is 15.4. The van der Waals surface area contributed by atoms with Crippen molar-refractivity contribution >= 4 is 87.5 Å². The molecule has 16 aromatic rings. The molecule has 6 heteroatoms. The smallest absolute Gasteiger partial charge is 0.180 e. The third-order valence-electron chi connectivity index (χ3n) is 15.4. The van der Waals surface area contributed by atoms with Crippen molar-refractivity contribution < 1.29 is 4.42 Å². The molecule has 0 aliphatic rings. The summed E-state index contributed by atoms with van der Waals surface area (Å²) in [4.78, 5) is 10.7. The summed E-state index contributed by atoms with van der Waals surface area (Å²) in [7, 11) is 0. The van der Waals surface area contributed by atoms with E-state index in [0.717, 1.165) is 116 Å². The molecule has 0 atom stereocenters. The number of para-hydroxylation sites is 5. The van der Waals surface area contributed by atoms with E-state index in [-0.39, 0.29) is 0 Å². The molecule has 0 radical (unpaired) electrons. The summed E-state index contributed by atoms with van der Waals surface area (Å²) in [6.07, 6.45) is 0. The topological polar surface area (TPSA) is 53.7 Å². The van der Waals surface area contributed by atoms with Crippen LogP contribution in [0, 0.1) is 0 Å². The molecule has 76 heavy (non-hydrogen) atoms. The summed E-state index contributed by atoms with van der Waals surface area (Å²) < 4.78 is 14.2. The molecule has 16 rings (SSSR count). The molecule has 6 nitrogen and oxygen atoms in total. The Labute approximate surface area is 436 Å². The maximum absolute atomic E-state index is 6.82. The molecule has 0 bridgehead atoms. The summed E-state index contributed by atoms with van der Waals surface area (Å²) in [5, 5.41) is 8.15. The highest BCUT2D eigenvalue weighted by molar-refractivity contribution is 6.15. The van der Waals surface area contributed by atoms with Crippen molar-refractivity contribution in [1.29, 1.82) is 0 Å². The Morgan fingerprint density at radius 1 is 0.289 bits per heavy atom. The summed E-state index contributed by atoms with van der Waals surface area (Å²) in [6.45, 7) is 0. The summed E-state index contributed by atoms with van der Waals surface area (Å²) in [5.41, 5.74) is 19.0. The Kier molecular flexibility index (Phi) is 9.23. The Morgan fingerprint density at radius 3 is 1.16 bits per heavy atom. The predicted octanol–water partition coefficient (Wildman–Crippen LogP) is 18.3. The van der Waals surface area contributed by atoms with Crippen LogP contribution < -0.4 is 0 Å². The van der Waals surface area contributed by atoms with E-state index in [0.29, 0.717) is 11.4 Å². The lowest BCUT2D eigenvalue weighted by Crippen LogP contribution is -2.04. The number of hydrogen-bond donors (Lipinski definition) is 0. The van der Waals surface area contributed by atoms with E-state index in [1.165, 1.54) is 21.5 Å². The van der Waals surface area contributed by atoms with Gasteiger partial charge in [-0.2, -0.15) is 0 Å².